The number of hydrogen-bond acceptors (Lipinski definition) is 2. The zero-order valence-corrected chi connectivity index (χ0v) is 13.9. The molecule has 0 amide bonds. The lowest BCUT2D eigenvalue weighted by molar-refractivity contribution is 0.204. The number of thioether (sulfide) groups is 1. The highest BCUT2D eigenvalue weighted by molar-refractivity contribution is 7.99. The maximum atomic E-state index is 10.3. The monoisotopic (exact) mass is 292 g/mol. The molecule has 2 heteroatoms. The van der Waals surface area contributed by atoms with Crippen LogP contribution in [-0.2, 0) is 5.41 Å². The third kappa shape index (κ3) is 4.53. The molecule has 1 nitrogen and oxygen atoms in total. The average molecular weight is 292 g/mol. The van der Waals surface area contributed by atoms with E-state index in [4.69, 9.17) is 0 Å². The molecule has 20 heavy (non-hydrogen) atoms. The highest BCUT2D eigenvalue weighted by atomic mass is 32.2. The Bertz CT molecular complexity index is 398. The third-order valence-corrected chi connectivity index (χ3v) is 5.65. The Labute approximate surface area is 128 Å². The van der Waals surface area contributed by atoms with Gasteiger partial charge in [0.05, 0.1) is 6.10 Å². The van der Waals surface area contributed by atoms with Gasteiger partial charge in [-0.25, -0.2) is 0 Å². The van der Waals surface area contributed by atoms with Crippen LogP contribution in [0.15, 0.2) is 24.3 Å². The second-order valence-electron chi connectivity index (χ2n) is 6.98. The van der Waals surface area contributed by atoms with Crippen LogP contribution in [0.2, 0.25) is 0 Å². The zero-order chi connectivity index (χ0) is 14.6. The Morgan fingerprint density at radius 3 is 2.25 bits per heavy atom. The summed E-state index contributed by atoms with van der Waals surface area (Å²) in [7, 11) is 0. The molecule has 112 valence electrons. The van der Waals surface area contributed by atoms with Crippen LogP contribution in [-0.4, -0.2) is 16.1 Å². The van der Waals surface area contributed by atoms with Gasteiger partial charge in [-0.15, -0.1) is 0 Å². The van der Waals surface area contributed by atoms with Gasteiger partial charge >= 0.3 is 0 Å². The molecule has 1 unspecified atom stereocenters. The molecule has 0 spiro atoms. The predicted octanol–water partition coefficient (Wildman–Crippen LogP) is 5.08. The number of aliphatic hydroxyl groups is 1. The summed E-state index contributed by atoms with van der Waals surface area (Å²) < 4.78 is 0. The molecule has 0 aromatic heterocycles. The summed E-state index contributed by atoms with van der Waals surface area (Å²) in [4.78, 5) is 0. The number of benzene rings is 1. The van der Waals surface area contributed by atoms with Gasteiger partial charge in [-0.2, -0.15) is 11.8 Å². The largest absolute Gasteiger partial charge is 0.388 e. The van der Waals surface area contributed by atoms with E-state index in [1.54, 1.807) is 0 Å². The summed E-state index contributed by atoms with van der Waals surface area (Å²) in [5, 5.41) is 11.1. The summed E-state index contributed by atoms with van der Waals surface area (Å²) in [5.41, 5.74) is 2.56. The normalized spacial score (nSPS) is 19.0. The maximum absolute atomic E-state index is 10.3. The van der Waals surface area contributed by atoms with Crippen LogP contribution in [0, 0.1) is 0 Å². The van der Waals surface area contributed by atoms with Crippen molar-refractivity contribution in [2.24, 2.45) is 0 Å². The zero-order valence-electron chi connectivity index (χ0n) is 13.1. The van der Waals surface area contributed by atoms with Gasteiger partial charge in [0.25, 0.3) is 0 Å². The predicted molar refractivity (Wildman–Crippen MR) is 89.4 cm³/mol. The van der Waals surface area contributed by atoms with Crippen molar-refractivity contribution < 1.29 is 5.11 Å². The lowest BCUT2D eigenvalue weighted by atomic mass is 9.86. The molecule has 0 radical (unpaired) electrons. The van der Waals surface area contributed by atoms with Crippen molar-refractivity contribution in [2.75, 3.05) is 5.75 Å². The summed E-state index contributed by atoms with van der Waals surface area (Å²) in [6.07, 6.45) is 6.48. The lowest BCUT2D eigenvalue weighted by Gasteiger charge is -2.23. The molecule has 1 saturated carbocycles. The summed E-state index contributed by atoms with van der Waals surface area (Å²) in [6.45, 7) is 6.66. The van der Waals surface area contributed by atoms with Crippen LogP contribution in [0.1, 0.15) is 70.1 Å². The van der Waals surface area contributed by atoms with Gasteiger partial charge in [-0.3, -0.25) is 0 Å². The van der Waals surface area contributed by atoms with Crippen molar-refractivity contribution >= 4 is 11.8 Å². The molecular weight excluding hydrogens is 264 g/mol. The van der Waals surface area contributed by atoms with E-state index < -0.39 is 0 Å². The second-order valence-corrected chi connectivity index (χ2v) is 8.31. The number of hydrogen-bond donors (Lipinski definition) is 1. The van der Waals surface area contributed by atoms with Crippen molar-refractivity contribution in [3.05, 3.63) is 35.4 Å². The maximum Gasteiger partial charge on any atom is 0.0880 e. The van der Waals surface area contributed by atoms with Crippen LogP contribution in [0.25, 0.3) is 0 Å². The van der Waals surface area contributed by atoms with E-state index in [1.165, 1.54) is 37.7 Å². The van der Waals surface area contributed by atoms with Crippen LogP contribution >= 0.6 is 11.8 Å². The smallest absolute Gasteiger partial charge is 0.0880 e. The fraction of sp³-hybridized carbons (Fsp3) is 0.667. The Balaban J connectivity index is 1.87. The molecule has 1 aliphatic carbocycles. The minimum Gasteiger partial charge on any atom is -0.388 e. The molecule has 1 aromatic rings. The number of aliphatic hydroxyl groups excluding tert-OH is 1. The standard InChI is InChI=1S/C18H28OS/c1-18(2,3)15-11-9-14(10-12-15)17(19)13-20-16-7-5-4-6-8-16/h9-12,16-17,19H,4-8,13H2,1-3H3. The first kappa shape index (κ1) is 15.9. The van der Waals surface area contributed by atoms with Crippen molar-refractivity contribution in [3.8, 4) is 0 Å². The molecule has 1 atom stereocenters. The van der Waals surface area contributed by atoms with Gasteiger partial charge in [-0.05, 0) is 29.4 Å². The lowest BCUT2D eigenvalue weighted by Crippen LogP contribution is -2.13. The van der Waals surface area contributed by atoms with Crippen LogP contribution < -0.4 is 0 Å². The van der Waals surface area contributed by atoms with Gasteiger partial charge in [0.2, 0.25) is 0 Å². The number of rotatable bonds is 4. The summed E-state index contributed by atoms with van der Waals surface area (Å²) in [6, 6.07) is 8.49. The van der Waals surface area contributed by atoms with Gasteiger partial charge in [-0.1, -0.05) is 64.3 Å². The van der Waals surface area contributed by atoms with E-state index in [0.717, 1.165) is 16.6 Å². The van der Waals surface area contributed by atoms with E-state index in [2.05, 4.69) is 45.0 Å². The Hall–Kier alpha value is -0.470. The topological polar surface area (TPSA) is 20.2 Å². The van der Waals surface area contributed by atoms with Gasteiger partial charge in [0.15, 0.2) is 0 Å². The molecule has 1 fully saturated rings. The van der Waals surface area contributed by atoms with E-state index in [1.807, 2.05) is 11.8 Å². The molecule has 0 saturated heterocycles. The van der Waals surface area contributed by atoms with Crippen LogP contribution in [0.4, 0.5) is 0 Å². The first-order chi connectivity index (χ1) is 9.47. The molecule has 1 aromatic carbocycles. The van der Waals surface area contributed by atoms with Gasteiger partial charge in [0.1, 0.15) is 0 Å². The SMILES string of the molecule is CC(C)(C)c1ccc(C(O)CSC2CCCCC2)cc1. The van der Waals surface area contributed by atoms with E-state index in [-0.39, 0.29) is 11.5 Å². The quantitative estimate of drug-likeness (QED) is 0.834. The Morgan fingerprint density at radius 2 is 1.70 bits per heavy atom. The van der Waals surface area contributed by atoms with Crippen molar-refractivity contribution in [1.82, 2.24) is 0 Å². The Morgan fingerprint density at radius 1 is 1.10 bits per heavy atom. The van der Waals surface area contributed by atoms with Crippen molar-refractivity contribution in [3.63, 3.8) is 0 Å². The fourth-order valence-electron chi connectivity index (χ4n) is 2.76. The molecule has 2 rings (SSSR count). The van der Waals surface area contributed by atoms with Crippen molar-refractivity contribution in [1.29, 1.82) is 0 Å². The highest BCUT2D eigenvalue weighted by Gasteiger charge is 2.17. The molecular formula is C18H28OS. The van der Waals surface area contributed by atoms with Gasteiger partial charge < -0.3 is 5.11 Å². The molecule has 0 aliphatic heterocycles. The minimum absolute atomic E-state index is 0.181. The first-order valence-electron chi connectivity index (χ1n) is 7.87. The molecule has 1 aliphatic rings. The van der Waals surface area contributed by atoms with E-state index in [9.17, 15) is 5.11 Å². The fourth-order valence-corrected chi connectivity index (χ4v) is 4.07. The van der Waals surface area contributed by atoms with Crippen molar-refractivity contribution in [2.45, 2.75) is 69.6 Å². The minimum atomic E-state index is -0.323. The summed E-state index contributed by atoms with van der Waals surface area (Å²) >= 11 is 1.96. The Kier molecular flexibility index (Phi) is 5.57. The average Bonchev–Trinajstić information content (AvgIpc) is 2.45. The summed E-state index contributed by atoms with van der Waals surface area (Å²) in [5.74, 6) is 0.833. The molecule has 0 heterocycles. The van der Waals surface area contributed by atoms with Crippen LogP contribution in [0.5, 0.6) is 0 Å². The third-order valence-electron chi connectivity index (χ3n) is 4.20. The second kappa shape index (κ2) is 7.00. The van der Waals surface area contributed by atoms with E-state index >= 15 is 0 Å². The molecule has 1 N–H and O–H groups in total. The first-order valence-corrected chi connectivity index (χ1v) is 8.92. The molecule has 0 bridgehead atoms. The van der Waals surface area contributed by atoms with Gasteiger partial charge in [0, 0.05) is 11.0 Å². The highest BCUT2D eigenvalue weighted by Crippen LogP contribution is 2.31. The van der Waals surface area contributed by atoms with Crippen LogP contribution in [0.3, 0.4) is 0 Å². The van der Waals surface area contributed by atoms with E-state index in [0.29, 0.717) is 0 Å².